The average molecular weight is 296 g/mol. The van der Waals surface area contributed by atoms with E-state index in [2.05, 4.69) is 4.74 Å². The Bertz CT molecular complexity index is 564. The molecule has 0 unspecified atom stereocenters. The molecule has 4 nitrogen and oxygen atoms in total. The molecule has 19 heavy (non-hydrogen) atoms. The van der Waals surface area contributed by atoms with Gasteiger partial charge in [-0.25, -0.2) is 8.42 Å². The number of ketones is 1. The molecule has 106 valence electrons. The van der Waals surface area contributed by atoms with Crippen molar-refractivity contribution < 1.29 is 31.1 Å². The van der Waals surface area contributed by atoms with Crippen LogP contribution in [0, 0.1) is 0 Å². The lowest BCUT2D eigenvalue weighted by Gasteiger charge is -2.12. The van der Waals surface area contributed by atoms with E-state index in [4.69, 9.17) is 0 Å². The van der Waals surface area contributed by atoms with Crippen molar-refractivity contribution in [1.82, 2.24) is 0 Å². The topological polar surface area (TPSA) is 60.4 Å². The maximum atomic E-state index is 12.7. The second-order valence-corrected chi connectivity index (χ2v) is 5.68. The van der Waals surface area contributed by atoms with Gasteiger partial charge in [-0.15, -0.1) is 0 Å². The fraction of sp³-hybridized carbons (Fsp3) is 0.364. The number of Topliss-reactive ketones (excluding diaryl/α,β-unsaturated/α-hetero) is 1. The highest BCUT2D eigenvalue weighted by molar-refractivity contribution is 7.92. The van der Waals surface area contributed by atoms with Crippen LogP contribution in [-0.2, 0) is 25.5 Å². The number of ether oxygens (including phenoxy) is 1. The second kappa shape index (κ2) is 5.70. The van der Waals surface area contributed by atoms with Crippen molar-refractivity contribution in [1.29, 1.82) is 0 Å². The third kappa shape index (κ3) is 4.03. The van der Waals surface area contributed by atoms with Crippen molar-refractivity contribution in [2.75, 3.05) is 19.5 Å². The molecule has 0 saturated heterocycles. The van der Waals surface area contributed by atoms with Gasteiger partial charge in [-0.2, -0.15) is 13.2 Å². The summed E-state index contributed by atoms with van der Waals surface area (Å²) in [6.45, 7) is -0.465. The number of alkyl halides is 3. The number of hydrogen-bond donors (Lipinski definition) is 0. The van der Waals surface area contributed by atoms with Crippen LogP contribution in [0.1, 0.15) is 5.56 Å². The Morgan fingerprint density at radius 3 is 2.37 bits per heavy atom. The summed E-state index contributed by atoms with van der Waals surface area (Å²) in [5.74, 6) is -1.83. The van der Waals surface area contributed by atoms with Gasteiger partial charge < -0.3 is 4.74 Å². The molecular formula is C11H11F3O4S. The lowest BCUT2D eigenvalue weighted by molar-refractivity contribution is -0.140. The minimum absolute atomic E-state index is 0.465. The Morgan fingerprint density at radius 2 is 1.84 bits per heavy atom. The van der Waals surface area contributed by atoms with Crippen LogP contribution in [0.5, 0.6) is 0 Å². The van der Waals surface area contributed by atoms with E-state index in [0.717, 1.165) is 12.1 Å². The SMILES string of the molecule is COCC(=O)CS(=O)(=O)c1ccccc1C(F)(F)F. The molecule has 0 saturated carbocycles. The molecule has 0 heterocycles. The minimum Gasteiger partial charge on any atom is -0.377 e. The lowest BCUT2D eigenvalue weighted by Crippen LogP contribution is -2.22. The van der Waals surface area contributed by atoms with E-state index < -0.39 is 44.6 Å². The third-order valence-corrected chi connectivity index (χ3v) is 3.91. The van der Waals surface area contributed by atoms with Crippen LogP contribution in [0.15, 0.2) is 29.2 Å². The molecule has 0 fully saturated rings. The van der Waals surface area contributed by atoms with Gasteiger partial charge in [-0.1, -0.05) is 12.1 Å². The number of carbonyl (C=O) groups is 1. The molecule has 1 aromatic carbocycles. The van der Waals surface area contributed by atoms with Crippen molar-refractivity contribution in [2.45, 2.75) is 11.1 Å². The van der Waals surface area contributed by atoms with Crippen molar-refractivity contribution in [3.05, 3.63) is 29.8 Å². The van der Waals surface area contributed by atoms with Crippen LogP contribution in [0.4, 0.5) is 13.2 Å². The van der Waals surface area contributed by atoms with Crippen molar-refractivity contribution >= 4 is 15.6 Å². The first kappa shape index (κ1) is 15.6. The standard InChI is InChI=1S/C11H11F3O4S/c1-18-6-8(15)7-19(16,17)10-5-3-2-4-9(10)11(12,13)14/h2-5H,6-7H2,1H3. The minimum atomic E-state index is -4.80. The molecule has 0 aliphatic heterocycles. The van der Waals surface area contributed by atoms with Gasteiger partial charge >= 0.3 is 6.18 Å². The highest BCUT2D eigenvalue weighted by Gasteiger charge is 2.37. The molecule has 1 rings (SSSR count). The van der Waals surface area contributed by atoms with Gasteiger partial charge in [-0.3, -0.25) is 4.79 Å². The molecule has 0 bridgehead atoms. The van der Waals surface area contributed by atoms with Crippen LogP contribution in [0.25, 0.3) is 0 Å². The normalized spacial score (nSPS) is 12.4. The highest BCUT2D eigenvalue weighted by Crippen LogP contribution is 2.34. The average Bonchev–Trinajstić information content (AvgIpc) is 2.27. The summed E-state index contributed by atoms with van der Waals surface area (Å²) >= 11 is 0. The highest BCUT2D eigenvalue weighted by atomic mass is 32.2. The van der Waals surface area contributed by atoms with E-state index in [1.807, 2.05) is 0 Å². The fourth-order valence-corrected chi connectivity index (χ4v) is 2.93. The largest absolute Gasteiger partial charge is 0.417 e. The van der Waals surface area contributed by atoms with Crippen molar-refractivity contribution in [3.63, 3.8) is 0 Å². The molecule has 0 aliphatic rings. The first-order valence-electron chi connectivity index (χ1n) is 5.08. The number of sulfone groups is 1. The Morgan fingerprint density at radius 1 is 1.26 bits per heavy atom. The van der Waals surface area contributed by atoms with Gasteiger partial charge in [0.25, 0.3) is 0 Å². The summed E-state index contributed by atoms with van der Waals surface area (Å²) in [4.78, 5) is 10.3. The molecule has 0 spiro atoms. The van der Waals surface area contributed by atoms with Gasteiger partial charge in [0.1, 0.15) is 12.4 Å². The number of benzene rings is 1. The predicted molar refractivity (Wildman–Crippen MR) is 60.4 cm³/mol. The first-order valence-corrected chi connectivity index (χ1v) is 6.73. The molecule has 0 radical (unpaired) electrons. The number of rotatable bonds is 5. The summed E-state index contributed by atoms with van der Waals surface area (Å²) < 4.78 is 66.1. The zero-order chi connectivity index (χ0) is 14.7. The van der Waals surface area contributed by atoms with Crippen LogP contribution in [0.3, 0.4) is 0 Å². The molecule has 8 heteroatoms. The van der Waals surface area contributed by atoms with Crippen LogP contribution in [-0.4, -0.2) is 33.7 Å². The third-order valence-electron chi connectivity index (χ3n) is 2.18. The van der Waals surface area contributed by atoms with Crippen LogP contribution in [0.2, 0.25) is 0 Å². The van der Waals surface area contributed by atoms with Gasteiger partial charge in [0.05, 0.1) is 10.5 Å². The van der Waals surface area contributed by atoms with E-state index in [0.29, 0.717) is 6.07 Å². The van der Waals surface area contributed by atoms with E-state index in [1.165, 1.54) is 13.2 Å². The molecule has 0 N–H and O–H groups in total. The summed E-state index contributed by atoms with van der Waals surface area (Å²) in [6, 6.07) is 3.74. The Hall–Kier alpha value is -1.41. The fourth-order valence-electron chi connectivity index (χ4n) is 1.46. The van der Waals surface area contributed by atoms with Crippen LogP contribution < -0.4 is 0 Å². The maximum absolute atomic E-state index is 12.7. The molecule has 0 amide bonds. The molecule has 0 aromatic heterocycles. The zero-order valence-corrected chi connectivity index (χ0v) is 10.7. The van der Waals surface area contributed by atoms with E-state index >= 15 is 0 Å². The lowest BCUT2D eigenvalue weighted by atomic mass is 10.2. The summed E-state index contributed by atoms with van der Waals surface area (Å²) in [7, 11) is -3.16. The summed E-state index contributed by atoms with van der Waals surface area (Å²) in [5, 5.41) is 0. The van der Waals surface area contributed by atoms with Gasteiger partial charge in [0.15, 0.2) is 15.6 Å². The van der Waals surface area contributed by atoms with Gasteiger partial charge in [0.2, 0.25) is 0 Å². The van der Waals surface area contributed by atoms with Crippen molar-refractivity contribution in [3.8, 4) is 0 Å². The molecular weight excluding hydrogens is 285 g/mol. The summed E-state index contributed by atoms with van der Waals surface area (Å²) in [6.07, 6.45) is -4.80. The summed E-state index contributed by atoms with van der Waals surface area (Å²) in [5.41, 5.74) is -1.28. The Balaban J connectivity index is 3.19. The quantitative estimate of drug-likeness (QED) is 0.829. The maximum Gasteiger partial charge on any atom is 0.417 e. The number of hydrogen-bond acceptors (Lipinski definition) is 4. The van der Waals surface area contributed by atoms with Crippen LogP contribution >= 0.6 is 0 Å². The number of halogens is 3. The smallest absolute Gasteiger partial charge is 0.377 e. The van der Waals surface area contributed by atoms with E-state index in [-0.39, 0.29) is 0 Å². The van der Waals surface area contributed by atoms with Crippen molar-refractivity contribution in [2.24, 2.45) is 0 Å². The molecule has 0 aliphatic carbocycles. The van der Waals surface area contributed by atoms with E-state index in [9.17, 15) is 26.4 Å². The zero-order valence-electron chi connectivity index (χ0n) is 9.90. The van der Waals surface area contributed by atoms with Gasteiger partial charge in [-0.05, 0) is 12.1 Å². The second-order valence-electron chi connectivity index (χ2n) is 3.72. The van der Waals surface area contributed by atoms with Gasteiger partial charge in [0, 0.05) is 7.11 Å². The van der Waals surface area contributed by atoms with E-state index in [1.54, 1.807) is 0 Å². The first-order chi connectivity index (χ1) is 8.68. The number of carbonyl (C=O) groups excluding carboxylic acids is 1. The Labute approximate surface area is 108 Å². The molecule has 1 aromatic rings. The molecule has 0 atom stereocenters. The number of methoxy groups -OCH3 is 1. The Kier molecular flexibility index (Phi) is 4.70. The monoisotopic (exact) mass is 296 g/mol. The predicted octanol–water partition coefficient (Wildman–Crippen LogP) is 1.69.